The maximum Gasteiger partial charge on any atom is 0.320 e. The van der Waals surface area contributed by atoms with Crippen molar-refractivity contribution in [3.05, 3.63) is 52.2 Å². The highest BCUT2D eigenvalue weighted by molar-refractivity contribution is 7.14. The van der Waals surface area contributed by atoms with Crippen LogP contribution in [0.3, 0.4) is 0 Å². The van der Waals surface area contributed by atoms with E-state index in [-0.39, 0.29) is 6.03 Å². The third-order valence-corrected chi connectivity index (χ3v) is 4.36. The zero-order chi connectivity index (χ0) is 13.8. The molecule has 0 unspecified atom stereocenters. The summed E-state index contributed by atoms with van der Waals surface area (Å²) in [6, 6.07) is 9.37. The molecule has 4 nitrogen and oxygen atoms in total. The summed E-state index contributed by atoms with van der Waals surface area (Å²) in [7, 11) is 0. The number of amides is 2. The Kier molecular flexibility index (Phi) is 3.85. The number of hydrogen-bond acceptors (Lipinski definition) is 4. The van der Waals surface area contributed by atoms with E-state index in [1.54, 1.807) is 17.6 Å². The zero-order valence-electron chi connectivity index (χ0n) is 10.5. The molecule has 2 amide bonds. The molecular formula is C14H12N2O2S2. The van der Waals surface area contributed by atoms with Gasteiger partial charge in [0.2, 0.25) is 0 Å². The smallest absolute Gasteiger partial charge is 0.320 e. The number of urea groups is 1. The number of carbonyl (C=O) groups is 1. The lowest BCUT2D eigenvalue weighted by molar-refractivity contribution is 0.252. The molecule has 3 heterocycles. The van der Waals surface area contributed by atoms with Crippen molar-refractivity contribution in [1.82, 2.24) is 5.32 Å². The Hall–Kier alpha value is -2.05. The molecule has 0 aliphatic heterocycles. The van der Waals surface area contributed by atoms with Gasteiger partial charge in [-0.1, -0.05) is 0 Å². The Labute approximate surface area is 124 Å². The molecule has 6 heteroatoms. The molecule has 0 saturated heterocycles. The standard InChI is InChI=1S/C14H12N2O2S2/c17-14(16-13-4-2-6-19-13)15-8-11-7-10(9-20-11)12-3-1-5-18-12/h1-7,9H,8H2,(H2,15,16,17). The minimum absolute atomic E-state index is 0.194. The Bertz CT molecular complexity index is 672. The highest BCUT2D eigenvalue weighted by atomic mass is 32.1. The SMILES string of the molecule is O=C(NCc1cc(-c2ccco2)cs1)Nc1cccs1. The van der Waals surface area contributed by atoms with Gasteiger partial charge < -0.3 is 9.73 Å². The minimum atomic E-state index is -0.194. The van der Waals surface area contributed by atoms with Crippen molar-refractivity contribution in [2.24, 2.45) is 0 Å². The summed E-state index contributed by atoms with van der Waals surface area (Å²) in [6.45, 7) is 0.503. The van der Waals surface area contributed by atoms with Gasteiger partial charge in [-0.05, 0) is 35.7 Å². The van der Waals surface area contributed by atoms with E-state index in [4.69, 9.17) is 4.42 Å². The van der Waals surface area contributed by atoms with Crippen LogP contribution in [0.1, 0.15) is 4.88 Å². The average Bonchev–Trinajstić information content (AvgIpc) is 3.18. The zero-order valence-corrected chi connectivity index (χ0v) is 12.1. The van der Waals surface area contributed by atoms with Gasteiger partial charge in [-0.3, -0.25) is 5.32 Å². The van der Waals surface area contributed by atoms with Crippen LogP contribution in [0.25, 0.3) is 11.3 Å². The molecule has 0 fully saturated rings. The van der Waals surface area contributed by atoms with Crippen LogP contribution < -0.4 is 10.6 Å². The normalized spacial score (nSPS) is 10.4. The van der Waals surface area contributed by atoms with E-state index in [1.165, 1.54) is 11.3 Å². The maximum absolute atomic E-state index is 11.7. The number of carbonyl (C=O) groups excluding carboxylic acids is 1. The second-order valence-electron chi connectivity index (χ2n) is 4.06. The molecule has 0 spiro atoms. The fourth-order valence-corrected chi connectivity index (χ4v) is 3.14. The highest BCUT2D eigenvalue weighted by Crippen LogP contribution is 2.25. The van der Waals surface area contributed by atoms with Crippen molar-refractivity contribution < 1.29 is 9.21 Å². The van der Waals surface area contributed by atoms with E-state index in [1.807, 2.05) is 41.1 Å². The van der Waals surface area contributed by atoms with Gasteiger partial charge in [0.1, 0.15) is 5.76 Å². The van der Waals surface area contributed by atoms with Gasteiger partial charge in [-0.2, -0.15) is 0 Å². The van der Waals surface area contributed by atoms with E-state index in [9.17, 15) is 4.79 Å². The van der Waals surface area contributed by atoms with Gasteiger partial charge >= 0.3 is 6.03 Å². The Morgan fingerprint density at radius 3 is 2.95 bits per heavy atom. The second-order valence-corrected chi connectivity index (χ2v) is 6.01. The third-order valence-electron chi connectivity index (χ3n) is 2.64. The lowest BCUT2D eigenvalue weighted by Crippen LogP contribution is -2.27. The second kappa shape index (κ2) is 5.94. The van der Waals surface area contributed by atoms with Gasteiger partial charge in [0.15, 0.2) is 0 Å². The van der Waals surface area contributed by atoms with Gasteiger partial charge in [0.25, 0.3) is 0 Å². The first kappa shape index (κ1) is 13.0. The minimum Gasteiger partial charge on any atom is -0.464 e. The van der Waals surface area contributed by atoms with Crippen molar-refractivity contribution >= 4 is 33.7 Å². The molecule has 0 aliphatic rings. The fraction of sp³-hybridized carbons (Fsp3) is 0.0714. The first-order valence-corrected chi connectivity index (χ1v) is 7.77. The number of nitrogens with one attached hydrogen (secondary N) is 2. The summed E-state index contributed by atoms with van der Waals surface area (Å²) in [5.41, 5.74) is 1.04. The van der Waals surface area contributed by atoms with Crippen molar-refractivity contribution in [3.8, 4) is 11.3 Å². The fourth-order valence-electron chi connectivity index (χ4n) is 1.72. The van der Waals surface area contributed by atoms with Crippen molar-refractivity contribution in [2.75, 3.05) is 5.32 Å². The Morgan fingerprint density at radius 2 is 2.20 bits per heavy atom. The lowest BCUT2D eigenvalue weighted by Gasteiger charge is -2.03. The van der Waals surface area contributed by atoms with Crippen LogP contribution in [-0.2, 0) is 6.54 Å². The van der Waals surface area contributed by atoms with Gasteiger partial charge in [0, 0.05) is 15.8 Å². The lowest BCUT2D eigenvalue weighted by atomic mass is 10.2. The molecular weight excluding hydrogens is 292 g/mol. The van der Waals surface area contributed by atoms with Crippen LogP contribution in [-0.4, -0.2) is 6.03 Å². The van der Waals surface area contributed by atoms with E-state index >= 15 is 0 Å². The van der Waals surface area contributed by atoms with Crippen LogP contribution >= 0.6 is 22.7 Å². The molecule has 0 radical (unpaired) electrons. The number of anilines is 1. The third kappa shape index (κ3) is 3.09. The van der Waals surface area contributed by atoms with Crippen LogP contribution in [0.15, 0.2) is 51.8 Å². The molecule has 20 heavy (non-hydrogen) atoms. The topological polar surface area (TPSA) is 54.3 Å². The number of thiophene rings is 2. The largest absolute Gasteiger partial charge is 0.464 e. The first-order valence-electron chi connectivity index (χ1n) is 6.01. The summed E-state index contributed by atoms with van der Waals surface area (Å²) in [5, 5.41) is 10.4. The van der Waals surface area contributed by atoms with Gasteiger partial charge in [0.05, 0.1) is 17.8 Å². The molecule has 0 aromatic carbocycles. The summed E-state index contributed by atoms with van der Waals surface area (Å²) >= 11 is 3.09. The van der Waals surface area contributed by atoms with Crippen molar-refractivity contribution in [3.63, 3.8) is 0 Å². The molecule has 2 N–H and O–H groups in total. The van der Waals surface area contributed by atoms with E-state index in [0.717, 1.165) is 21.2 Å². The predicted octanol–water partition coefficient (Wildman–Crippen LogP) is 4.39. The van der Waals surface area contributed by atoms with Crippen LogP contribution in [0.2, 0.25) is 0 Å². The highest BCUT2D eigenvalue weighted by Gasteiger charge is 2.06. The molecule has 0 aliphatic carbocycles. The molecule has 0 saturated carbocycles. The summed E-state index contributed by atoms with van der Waals surface area (Å²) in [5.74, 6) is 0.843. The molecule has 0 bridgehead atoms. The molecule has 0 atom stereocenters. The number of hydrogen-bond donors (Lipinski definition) is 2. The van der Waals surface area contributed by atoms with Crippen molar-refractivity contribution in [2.45, 2.75) is 6.54 Å². The number of furan rings is 1. The monoisotopic (exact) mass is 304 g/mol. The molecule has 102 valence electrons. The summed E-state index contributed by atoms with van der Waals surface area (Å²) in [6.07, 6.45) is 1.65. The van der Waals surface area contributed by atoms with E-state index in [2.05, 4.69) is 10.6 Å². The summed E-state index contributed by atoms with van der Waals surface area (Å²) in [4.78, 5) is 12.8. The van der Waals surface area contributed by atoms with Crippen LogP contribution in [0, 0.1) is 0 Å². The Morgan fingerprint density at radius 1 is 1.25 bits per heavy atom. The number of rotatable bonds is 4. The average molecular weight is 304 g/mol. The van der Waals surface area contributed by atoms with Gasteiger partial charge in [-0.25, -0.2) is 4.79 Å². The molecule has 3 aromatic rings. The maximum atomic E-state index is 11.7. The summed E-state index contributed by atoms with van der Waals surface area (Å²) < 4.78 is 5.34. The van der Waals surface area contributed by atoms with Gasteiger partial charge in [-0.15, -0.1) is 22.7 Å². The van der Waals surface area contributed by atoms with Crippen molar-refractivity contribution in [1.29, 1.82) is 0 Å². The Balaban J connectivity index is 1.55. The molecule has 3 rings (SSSR count). The van der Waals surface area contributed by atoms with E-state index < -0.39 is 0 Å². The van der Waals surface area contributed by atoms with E-state index in [0.29, 0.717) is 6.54 Å². The quantitative estimate of drug-likeness (QED) is 0.751. The molecule has 3 aromatic heterocycles. The van der Waals surface area contributed by atoms with Crippen LogP contribution in [0.5, 0.6) is 0 Å². The predicted molar refractivity (Wildman–Crippen MR) is 82.2 cm³/mol. The van der Waals surface area contributed by atoms with Crippen LogP contribution in [0.4, 0.5) is 9.80 Å². The first-order chi connectivity index (χ1) is 9.81.